The van der Waals surface area contributed by atoms with Crippen molar-refractivity contribution >= 4 is 35.0 Å². The molecule has 3 rings (SSSR count). The fourth-order valence-corrected chi connectivity index (χ4v) is 3.94. The summed E-state index contributed by atoms with van der Waals surface area (Å²) in [5.41, 5.74) is 0.643. The predicted molar refractivity (Wildman–Crippen MR) is 114 cm³/mol. The van der Waals surface area contributed by atoms with Crippen LogP contribution in [0.2, 0.25) is 5.02 Å². The third kappa shape index (κ3) is 4.80. The van der Waals surface area contributed by atoms with Crippen LogP contribution < -0.4 is 25.1 Å². The molecule has 0 aliphatic heterocycles. The Labute approximate surface area is 182 Å². The Balaban J connectivity index is 1.80. The third-order valence-corrected chi connectivity index (χ3v) is 5.97. The lowest BCUT2D eigenvalue weighted by Gasteiger charge is -2.13. The number of aromatic nitrogens is 2. The highest BCUT2D eigenvalue weighted by Crippen LogP contribution is 2.28. The molecule has 30 heavy (non-hydrogen) atoms. The summed E-state index contributed by atoms with van der Waals surface area (Å²) in [7, 11) is 3.09. The fraction of sp³-hybridized carbons (Fsp3) is 0.250. The molecule has 0 saturated carbocycles. The molecule has 1 amide bonds. The first-order valence-corrected chi connectivity index (χ1v) is 10.3. The Morgan fingerprint density at radius 1 is 1.23 bits per heavy atom. The van der Waals surface area contributed by atoms with Gasteiger partial charge < -0.3 is 14.8 Å². The van der Waals surface area contributed by atoms with Crippen LogP contribution in [0.5, 0.6) is 11.5 Å². The normalized spacial score (nSPS) is 11.7. The van der Waals surface area contributed by atoms with Crippen LogP contribution >= 0.6 is 23.4 Å². The summed E-state index contributed by atoms with van der Waals surface area (Å²) in [6, 6.07) is 12.0. The largest absolute Gasteiger partial charge is 0.497 e. The fourth-order valence-electron chi connectivity index (χ4n) is 2.69. The van der Waals surface area contributed by atoms with E-state index in [2.05, 4.69) is 10.6 Å². The maximum absolute atomic E-state index is 12.8. The number of amides is 1. The number of carbonyl (C=O) groups is 1. The molecule has 0 aliphatic rings. The monoisotopic (exact) mass is 450 g/mol. The minimum atomic E-state index is -0.561. The molecule has 2 aromatic carbocycles. The highest BCUT2D eigenvalue weighted by atomic mass is 35.5. The summed E-state index contributed by atoms with van der Waals surface area (Å²) in [4.78, 5) is 25.1. The Hall–Kier alpha value is -2.91. The summed E-state index contributed by atoms with van der Waals surface area (Å²) in [6.45, 7) is 1.87. The molecule has 0 spiro atoms. The highest BCUT2D eigenvalue weighted by Gasteiger charge is 2.30. The third-order valence-electron chi connectivity index (χ3n) is 4.27. The van der Waals surface area contributed by atoms with Crippen LogP contribution in [-0.2, 0) is 4.79 Å². The first-order chi connectivity index (χ1) is 14.5. The molecule has 1 unspecified atom stereocenters. The standard InChI is InChI=1S/C20H20ClN3O5S/c1-4-17(18(25)22-12-5-10-16(28-3)15(21)11-12)30-19-20(26)29-23-24(19)13-6-8-14(27-2)9-7-13/h5-11,17H,4H2,1-3H3,(H-,22,23,25,26)/p+1. The minimum absolute atomic E-state index is 0.259. The van der Waals surface area contributed by atoms with Crippen molar-refractivity contribution in [3.63, 3.8) is 0 Å². The summed E-state index contributed by atoms with van der Waals surface area (Å²) < 4.78 is 16.7. The topological polar surface area (TPSA) is 97.4 Å². The van der Waals surface area contributed by atoms with Crippen molar-refractivity contribution in [1.29, 1.82) is 0 Å². The number of ether oxygens (including phenoxy) is 2. The average molecular weight is 451 g/mol. The zero-order valence-electron chi connectivity index (χ0n) is 16.6. The lowest BCUT2D eigenvalue weighted by atomic mass is 10.2. The molecule has 1 atom stereocenters. The Morgan fingerprint density at radius 3 is 2.57 bits per heavy atom. The van der Waals surface area contributed by atoms with Crippen molar-refractivity contribution in [2.75, 3.05) is 19.5 Å². The van der Waals surface area contributed by atoms with E-state index >= 15 is 0 Å². The average Bonchev–Trinajstić information content (AvgIpc) is 3.12. The molecule has 0 radical (unpaired) electrons. The maximum atomic E-state index is 12.8. The zero-order valence-corrected chi connectivity index (χ0v) is 18.2. The van der Waals surface area contributed by atoms with Crippen molar-refractivity contribution in [3.05, 3.63) is 57.9 Å². The van der Waals surface area contributed by atoms with Gasteiger partial charge in [-0.2, -0.15) is 0 Å². The Morgan fingerprint density at radius 2 is 1.97 bits per heavy atom. The number of anilines is 1. The quantitative estimate of drug-likeness (QED) is 0.403. The van der Waals surface area contributed by atoms with Crippen LogP contribution in [0.4, 0.5) is 5.69 Å². The van der Waals surface area contributed by atoms with E-state index in [9.17, 15) is 9.59 Å². The van der Waals surface area contributed by atoms with Crippen molar-refractivity contribution in [3.8, 4) is 17.2 Å². The molecule has 10 heteroatoms. The zero-order chi connectivity index (χ0) is 21.7. The van der Waals surface area contributed by atoms with E-state index in [0.29, 0.717) is 34.3 Å². The van der Waals surface area contributed by atoms with Gasteiger partial charge in [-0.05, 0) is 58.5 Å². The second-order valence-corrected chi connectivity index (χ2v) is 7.77. The van der Waals surface area contributed by atoms with Gasteiger partial charge in [0.1, 0.15) is 11.5 Å². The van der Waals surface area contributed by atoms with E-state index < -0.39 is 10.9 Å². The number of nitrogens with one attached hydrogen (secondary N) is 2. The van der Waals surface area contributed by atoms with Crippen molar-refractivity contribution in [2.45, 2.75) is 23.6 Å². The number of rotatable bonds is 8. The molecule has 1 heterocycles. The minimum Gasteiger partial charge on any atom is -0.497 e. The van der Waals surface area contributed by atoms with Gasteiger partial charge in [-0.25, -0.2) is 4.79 Å². The second-order valence-electron chi connectivity index (χ2n) is 6.17. The molecule has 2 N–H and O–H groups in total. The number of hydrogen-bond donors (Lipinski definition) is 2. The lowest BCUT2D eigenvalue weighted by molar-refractivity contribution is -0.704. The number of H-pyrrole nitrogens is 1. The first kappa shape index (κ1) is 21.8. The lowest BCUT2D eigenvalue weighted by Crippen LogP contribution is -2.37. The van der Waals surface area contributed by atoms with E-state index in [1.807, 2.05) is 6.92 Å². The molecule has 0 bridgehead atoms. The molecular weight excluding hydrogens is 430 g/mol. The smallest absolute Gasteiger partial charge is 0.442 e. The van der Waals surface area contributed by atoms with E-state index in [-0.39, 0.29) is 10.9 Å². The van der Waals surface area contributed by atoms with Gasteiger partial charge in [0.2, 0.25) is 11.6 Å². The number of aromatic amines is 1. The Bertz CT molecular complexity index is 1080. The number of thioether (sulfide) groups is 1. The Kier molecular flexibility index (Phi) is 7.07. The molecule has 1 aromatic heterocycles. The summed E-state index contributed by atoms with van der Waals surface area (Å²) in [6.07, 6.45) is 0.494. The second kappa shape index (κ2) is 9.73. The summed E-state index contributed by atoms with van der Waals surface area (Å²) in [5, 5.41) is 5.51. The number of nitrogens with zero attached hydrogens (tertiary/aromatic N) is 1. The van der Waals surface area contributed by atoms with Gasteiger partial charge in [-0.1, -0.05) is 18.5 Å². The van der Waals surface area contributed by atoms with E-state index in [0.717, 1.165) is 11.8 Å². The maximum Gasteiger partial charge on any atom is 0.442 e. The van der Waals surface area contributed by atoms with Crippen LogP contribution in [0.15, 0.2) is 56.8 Å². The number of hydrogen-bond acceptors (Lipinski definition) is 6. The molecular formula is C20H21ClN3O5S+. The molecule has 158 valence electrons. The SMILES string of the molecule is CCC(Sc1c(=O)o[nH][n+]1-c1ccc(OC)cc1)C(=O)Nc1ccc(OC)c(Cl)c1. The summed E-state index contributed by atoms with van der Waals surface area (Å²) >= 11 is 7.24. The van der Waals surface area contributed by atoms with Crippen LogP contribution in [0.1, 0.15) is 13.3 Å². The molecule has 0 aliphatic carbocycles. The van der Waals surface area contributed by atoms with Crippen LogP contribution in [0, 0.1) is 0 Å². The van der Waals surface area contributed by atoms with E-state index in [4.69, 9.17) is 25.6 Å². The van der Waals surface area contributed by atoms with Crippen molar-refractivity contribution < 1.29 is 23.5 Å². The van der Waals surface area contributed by atoms with Gasteiger partial charge >= 0.3 is 10.7 Å². The molecule has 3 aromatic rings. The van der Waals surface area contributed by atoms with E-state index in [1.54, 1.807) is 49.6 Å². The number of methoxy groups -OCH3 is 2. The highest BCUT2D eigenvalue weighted by molar-refractivity contribution is 8.00. The van der Waals surface area contributed by atoms with Gasteiger partial charge in [0.25, 0.3) is 0 Å². The number of benzene rings is 2. The van der Waals surface area contributed by atoms with Gasteiger partial charge in [0.15, 0.2) is 0 Å². The summed E-state index contributed by atoms with van der Waals surface area (Å²) in [5.74, 6) is 0.940. The van der Waals surface area contributed by atoms with Gasteiger partial charge in [-0.15, -0.1) is 0 Å². The first-order valence-electron chi connectivity index (χ1n) is 9.05. The van der Waals surface area contributed by atoms with Gasteiger partial charge in [-0.3, -0.25) is 9.32 Å². The van der Waals surface area contributed by atoms with Gasteiger partial charge in [0, 0.05) is 17.8 Å². The number of halogens is 1. The number of carbonyl (C=O) groups excluding carboxylic acids is 1. The van der Waals surface area contributed by atoms with E-state index in [1.165, 1.54) is 11.8 Å². The molecule has 0 fully saturated rings. The van der Waals surface area contributed by atoms with Crippen LogP contribution in [-0.4, -0.2) is 30.6 Å². The van der Waals surface area contributed by atoms with Crippen LogP contribution in [0.25, 0.3) is 5.69 Å². The molecule has 8 nitrogen and oxygen atoms in total. The molecule has 0 saturated heterocycles. The van der Waals surface area contributed by atoms with Crippen molar-refractivity contribution in [2.24, 2.45) is 0 Å². The van der Waals surface area contributed by atoms with Crippen LogP contribution in [0.3, 0.4) is 0 Å². The predicted octanol–water partition coefficient (Wildman–Crippen LogP) is 3.42. The van der Waals surface area contributed by atoms with Crippen molar-refractivity contribution in [1.82, 2.24) is 5.27 Å². The van der Waals surface area contributed by atoms with Gasteiger partial charge in [0.05, 0.1) is 24.5 Å².